The second-order valence-corrected chi connectivity index (χ2v) is 4.34. The van der Waals surface area contributed by atoms with Gasteiger partial charge >= 0.3 is 0 Å². The zero-order chi connectivity index (χ0) is 12.3. The fourth-order valence-electron chi connectivity index (χ4n) is 1.20. The molecule has 0 saturated heterocycles. The molecule has 2 heterocycles. The number of hydrogen-bond acceptors (Lipinski definition) is 7. The first kappa shape index (κ1) is 11.6. The Kier molecular flexibility index (Phi) is 3.38. The normalized spacial score (nSPS) is 10.1. The first-order valence-electron chi connectivity index (χ1n) is 5.09. The molecule has 0 unspecified atom stereocenters. The molecule has 6 nitrogen and oxygen atoms in total. The van der Waals surface area contributed by atoms with Crippen molar-refractivity contribution >= 4 is 34.9 Å². The third-order valence-electron chi connectivity index (χ3n) is 2.02. The molecule has 0 saturated carbocycles. The van der Waals surface area contributed by atoms with Crippen molar-refractivity contribution in [2.75, 3.05) is 36.7 Å². The molecular formula is C10H14N6S. The molecule has 0 aliphatic carbocycles. The van der Waals surface area contributed by atoms with Crippen molar-refractivity contribution in [2.45, 2.75) is 0 Å². The van der Waals surface area contributed by atoms with E-state index in [1.54, 1.807) is 18.4 Å². The van der Waals surface area contributed by atoms with Gasteiger partial charge in [-0.1, -0.05) is 0 Å². The van der Waals surface area contributed by atoms with Gasteiger partial charge < -0.3 is 15.5 Å². The van der Waals surface area contributed by atoms with E-state index in [1.165, 1.54) is 0 Å². The maximum absolute atomic E-state index is 4.31. The Morgan fingerprint density at radius 1 is 1.18 bits per heavy atom. The zero-order valence-electron chi connectivity index (χ0n) is 9.93. The average molecular weight is 250 g/mol. The van der Waals surface area contributed by atoms with Crippen LogP contribution in [-0.4, -0.2) is 36.1 Å². The summed E-state index contributed by atoms with van der Waals surface area (Å²) in [4.78, 5) is 14.6. The largest absolute Gasteiger partial charge is 0.357 e. The Morgan fingerprint density at radius 3 is 2.53 bits per heavy atom. The molecule has 0 atom stereocenters. The summed E-state index contributed by atoms with van der Waals surface area (Å²) >= 11 is 1.62. The molecule has 0 aliphatic rings. The van der Waals surface area contributed by atoms with Crippen LogP contribution < -0.4 is 15.5 Å². The van der Waals surface area contributed by atoms with E-state index in [-0.39, 0.29) is 0 Å². The molecule has 7 heteroatoms. The second-order valence-electron chi connectivity index (χ2n) is 3.56. The Hall–Kier alpha value is -1.89. The molecule has 0 spiro atoms. The van der Waals surface area contributed by atoms with E-state index in [0.29, 0.717) is 17.8 Å². The van der Waals surface area contributed by atoms with Gasteiger partial charge in [-0.2, -0.15) is 26.3 Å². The number of thiophene rings is 1. The zero-order valence-corrected chi connectivity index (χ0v) is 10.7. The van der Waals surface area contributed by atoms with Gasteiger partial charge in [-0.3, -0.25) is 0 Å². The quantitative estimate of drug-likeness (QED) is 0.862. The van der Waals surface area contributed by atoms with Gasteiger partial charge in [-0.25, -0.2) is 0 Å². The van der Waals surface area contributed by atoms with Gasteiger partial charge in [0.2, 0.25) is 17.8 Å². The third-order valence-corrected chi connectivity index (χ3v) is 2.71. The number of nitrogens with zero attached hydrogens (tertiary/aromatic N) is 4. The Labute approximate surface area is 104 Å². The van der Waals surface area contributed by atoms with Crippen LogP contribution >= 0.6 is 11.3 Å². The van der Waals surface area contributed by atoms with E-state index in [2.05, 4.69) is 25.6 Å². The molecule has 0 aromatic carbocycles. The molecule has 0 bridgehead atoms. The van der Waals surface area contributed by atoms with E-state index < -0.39 is 0 Å². The first-order valence-corrected chi connectivity index (χ1v) is 6.03. The molecule has 90 valence electrons. The highest BCUT2D eigenvalue weighted by molar-refractivity contribution is 7.08. The van der Waals surface area contributed by atoms with Crippen molar-refractivity contribution in [3.8, 4) is 0 Å². The molecular weight excluding hydrogens is 236 g/mol. The highest BCUT2D eigenvalue weighted by atomic mass is 32.1. The van der Waals surface area contributed by atoms with Crippen LogP contribution in [0, 0.1) is 0 Å². The van der Waals surface area contributed by atoms with E-state index >= 15 is 0 Å². The van der Waals surface area contributed by atoms with E-state index in [1.807, 2.05) is 35.8 Å². The van der Waals surface area contributed by atoms with Crippen LogP contribution in [-0.2, 0) is 0 Å². The molecule has 2 aromatic rings. The summed E-state index contributed by atoms with van der Waals surface area (Å²) in [5.41, 5.74) is 0.980. The van der Waals surface area contributed by atoms with Gasteiger partial charge in [0.25, 0.3) is 0 Å². The smallest absolute Gasteiger partial charge is 0.233 e. The lowest BCUT2D eigenvalue weighted by atomic mass is 10.5. The van der Waals surface area contributed by atoms with Crippen LogP contribution in [0.15, 0.2) is 16.8 Å². The Morgan fingerprint density at radius 2 is 1.94 bits per heavy atom. The molecule has 0 radical (unpaired) electrons. The average Bonchev–Trinajstić information content (AvgIpc) is 2.81. The van der Waals surface area contributed by atoms with Crippen molar-refractivity contribution in [3.63, 3.8) is 0 Å². The lowest BCUT2D eigenvalue weighted by Crippen LogP contribution is -2.15. The van der Waals surface area contributed by atoms with Crippen molar-refractivity contribution in [1.29, 1.82) is 0 Å². The minimum atomic E-state index is 0.534. The van der Waals surface area contributed by atoms with Crippen molar-refractivity contribution in [2.24, 2.45) is 0 Å². The molecule has 2 rings (SSSR count). The number of rotatable bonds is 4. The van der Waals surface area contributed by atoms with Crippen LogP contribution in [0.1, 0.15) is 0 Å². The minimum Gasteiger partial charge on any atom is -0.357 e. The van der Waals surface area contributed by atoms with Gasteiger partial charge in [0.15, 0.2) is 0 Å². The maximum atomic E-state index is 4.31. The monoisotopic (exact) mass is 250 g/mol. The van der Waals surface area contributed by atoms with Crippen LogP contribution in [0.25, 0.3) is 0 Å². The van der Waals surface area contributed by atoms with Gasteiger partial charge in [-0.15, -0.1) is 0 Å². The standard InChI is InChI=1S/C10H14N6S/c1-11-8-13-9(12-7-4-5-17-6-7)15-10(14-8)16(2)3/h4-6H,1-3H3,(H2,11,12,13,14,15). The maximum Gasteiger partial charge on any atom is 0.233 e. The fraction of sp³-hybridized carbons (Fsp3) is 0.300. The fourth-order valence-corrected chi connectivity index (χ4v) is 1.78. The summed E-state index contributed by atoms with van der Waals surface area (Å²) in [6.45, 7) is 0. The van der Waals surface area contributed by atoms with Crippen LogP contribution in [0.5, 0.6) is 0 Å². The highest BCUT2D eigenvalue weighted by Gasteiger charge is 2.07. The molecule has 17 heavy (non-hydrogen) atoms. The van der Waals surface area contributed by atoms with Gasteiger partial charge in [0.1, 0.15) is 0 Å². The molecule has 2 aromatic heterocycles. The lowest BCUT2D eigenvalue weighted by Gasteiger charge is -2.12. The van der Waals surface area contributed by atoms with E-state index in [4.69, 9.17) is 0 Å². The second kappa shape index (κ2) is 4.96. The summed E-state index contributed by atoms with van der Waals surface area (Å²) < 4.78 is 0. The summed E-state index contributed by atoms with van der Waals surface area (Å²) in [7, 11) is 5.56. The first-order chi connectivity index (χ1) is 8.19. The number of nitrogens with one attached hydrogen (secondary N) is 2. The van der Waals surface area contributed by atoms with Crippen LogP contribution in [0.3, 0.4) is 0 Å². The minimum absolute atomic E-state index is 0.534. The topological polar surface area (TPSA) is 66.0 Å². The number of anilines is 4. The Balaban J connectivity index is 2.29. The number of hydrogen-bond donors (Lipinski definition) is 2. The molecule has 0 fully saturated rings. The summed E-state index contributed by atoms with van der Waals surface area (Å²) in [5, 5.41) is 10.0. The van der Waals surface area contributed by atoms with Crippen molar-refractivity contribution in [3.05, 3.63) is 16.8 Å². The Bertz CT molecular complexity index is 482. The van der Waals surface area contributed by atoms with Gasteiger partial charge in [0, 0.05) is 26.5 Å². The van der Waals surface area contributed by atoms with E-state index in [9.17, 15) is 0 Å². The van der Waals surface area contributed by atoms with E-state index in [0.717, 1.165) is 5.69 Å². The van der Waals surface area contributed by atoms with Crippen molar-refractivity contribution < 1.29 is 0 Å². The van der Waals surface area contributed by atoms with Gasteiger partial charge in [0.05, 0.1) is 5.69 Å². The molecule has 0 aliphatic heterocycles. The van der Waals surface area contributed by atoms with Crippen LogP contribution in [0.4, 0.5) is 23.5 Å². The molecule has 2 N–H and O–H groups in total. The van der Waals surface area contributed by atoms with Crippen LogP contribution in [0.2, 0.25) is 0 Å². The summed E-state index contributed by atoms with van der Waals surface area (Å²) in [6.07, 6.45) is 0. The summed E-state index contributed by atoms with van der Waals surface area (Å²) in [5.74, 6) is 1.69. The summed E-state index contributed by atoms with van der Waals surface area (Å²) in [6, 6.07) is 1.98. The van der Waals surface area contributed by atoms with Crippen molar-refractivity contribution in [1.82, 2.24) is 15.0 Å². The predicted molar refractivity (Wildman–Crippen MR) is 71.3 cm³/mol. The highest BCUT2D eigenvalue weighted by Crippen LogP contribution is 2.18. The van der Waals surface area contributed by atoms with Gasteiger partial charge in [-0.05, 0) is 11.4 Å². The molecule has 0 amide bonds. The number of aromatic nitrogens is 3. The lowest BCUT2D eigenvalue weighted by molar-refractivity contribution is 0.963. The third kappa shape index (κ3) is 2.82. The predicted octanol–water partition coefficient (Wildman–Crippen LogP) is 1.78. The SMILES string of the molecule is CNc1nc(Nc2ccsc2)nc(N(C)C)n1.